The summed E-state index contributed by atoms with van der Waals surface area (Å²) in [5, 5.41) is 8.53. The molecule has 1 aromatic heterocycles. The minimum atomic E-state index is -0.163. The van der Waals surface area contributed by atoms with Gasteiger partial charge >= 0.3 is 0 Å². The highest BCUT2D eigenvalue weighted by atomic mass is 35.5. The van der Waals surface area contributed by atoms with Crippen LogP contribution in [-0.4, -0.2) is 34.0 Å². The third kappa shape index (κ3) is 5.13. The predicted octanol–water partition coefficient (Wildman–Crippen LogP) is 5.55. The molecule has 0 spiro atoms. The molecule has 4 rings (SSSR count). The molecule has 0 aliphatic carbocycles. The fourth-order valence-corrected chi connectivity index (χ4v) is 4.02. The number of nitrogens with one attached hydrogen (secondary N) is 1. The van der Waals surface area contributed by atoms with Crippen LogP contribution in [0.3, 0.4) is 0 Å². The van der Waals surface area contributed by atoms with Crippen LogP contribution in [0, 0.1) is 5.92 Å². The zero-order chi connectivity index (χ0) is 21.1. The van der Waals surface area contributed by atoms with Gasteiger partial charge < -0.3 is 9.84 Å². The van der Waals surface area contributed by atoms with E-state index in [1.807, 2.05) is 12.1 Å². The summed E-state index contributed by atoms with van der Waals surface area (Å²) in [5.74, 6) is 0.761. The number of benzene rings is 2. The lowest BCUT2D eigenvalue weighted by Crippen LogP contribution is -2.40. The number of anilines is 1. The Balaban J connectivity index is 1.38. The molecule has 2 heterocycles. The van der Waals surface area contributed by atoms with Crippen molar-refractivity contribution >= 4 is 46.4 Å². The molecule has 1 saturated heterocycles. The number of rotatable bonds is 5. The van der Waals surface area contributed by atoms with Crippen molar-refractivity contribution in [2.75, 3.05) is 18.4 Å². The standard InChI is InChI=1S/C21H19Cl3N4O2/c22-15-5-1-3-13(9-15)20-26-19(30-27-20)12-28-8-2-4-14(11-28)21(29)25-18-10-16(23)6-7-17(18)24/h1,3,5-7,9-10,14H,2,4,8,11-12H2,(H,25,29). The molecule has 2 aromatic carbocycles. The lowest BCUT2D eigenvalue weighted by atomic mass is 9.97. The average Bonchev–Trinajstić information content (AvgIpc) is 3.19. The second-order valence-electron chi connectivity index (χ2n) is 7.21. The first-order valence-electron chi connectivity index (χ1n) is 9.55. The Morgan fingerprint density at radius 1 is 1.17 bits per heavy atom. The van der Waals surface area contributed by atoms with Crippen LogP contribution in [0.4, 0.5) is 5.69 Å². The van der Waals surface area contributed by atoms with E-state index in [4.69, 9.17) is 39.3 Å². The van der Waals surface area contributed by atoms with Crippen molar-refractivity contribution in [3.05, 3.63) is 63.4 Å². The molecule has 6 nitrogen and oxygen atoms in total. The zero-order valence-corrected chi connectivity index (χ0v) is 18.2. The zero-order valence-electron chi connectivity index (χ0n) is 15.9. The van der Waals surface area contributed by atoms with E-state index in [1.54, 1.807) is 30.3 Å². The second-order valence-corrected chi connectivity index (χ2v) is 8.49. The Hall–Kier alpha value is -2.12. The third-order valence-corrected chi connectivity index (χ3v) is 5.77. The Bertz CT molecular complexity index is 1060. The molecule has 30 heavy (non-hydrogen) atoms. The average molecular weight is 466 g/mol. The van der Waals surface area contributed by atoms with Crippen LogP contribution in [0.15, 0.2) is 47.0 Å². The smallest absolute Gasteiger partial charge is 0.241 e. The highest BCUT2D eigenvalue weighted by molar-refractivity contribution is 6.35. The van der Waals surface area contributed by atoms with E-state index in [-0.39, 0.29) is 11.8 Å². The normalized spacial score (nSPS) is 17.1. The predicted molar refractivity (Wildman–Crippen MR) is 118 cm³/mol. The number of carbonyl (C=O) groups is 1. The molecular formula is C21H19Cl3N4O2. The number of carbonyl (C=O) groups excluding carboxylic acids is 1. The molecule has 1 amide bonds. The van der Waals surface area contributed by atoms with Crippen LogP contribution in [0.25, 0.3) is 11.4 Å². The maximum absolute atomic E-state index is 12.7. The van der Waals surface area contributed by atoms with Gasteiger partial charge in [-0.3, -0.25) is 9.69 Å². The van der Waals surface area contributed by atoms with Gasteiger partial charge in [-0.1, -0.05) is 52.1 Å². The van der Waals surface area contributed by atoms with Gasteiger partial charge in [0.15, 0.2) is 0 Å². The van der Waals surface area contributed by atoms with Gasteiger partial charge in [0.25, 0.3) is 0 Å². The molecule has 1 fully saturated rings. The summed E-state index contributed by atoms with van der Waals surface area (Å²) in [6.45, 7) is 1.94. The van der Waals surface area contributed by atoms with Gasteiger partial charge in [0, 0.05) is 22.2 Å². The van der Waals surface area contributed by atoms with Crippen LogP contribution in [0.1, 0.15) is 18.7 Å². The molecule has 0 saturated carbocycles. The summed E-state index contributed by atoms with van der Waals surface area (Å²) < 4.78 is 5.40. The lowest BCUT2D eigenvalue weighted by molar-refractivity contribution is -0.121. The number of piperidine rings is 1. The number of likely N-dealkylation sites (tertiary alicyclic amines) is 1. The lowest BCUT2D eigenvalue weighted by Gasteiger charge is -2.30. The second kappa shape index (κ2) is 9.35. The molecule has 0 bridgehead atoms. The van der Waals surface area contributed by atoms with Gasteiger partial charge in [0.1, 0.15) is 0 Å². The molecule has 0 radical (unpaired) electrons. The summed E-state index contributed by atoms with van der Waals surface area (Å²) in [4.78, 5) is 19.4. The minimum absolute atomic E-state index is 0.0750. The molecule has 1 N–H and O–H groups in total. The summed E-state index contributed by atoms with van der Waals surface area (Å²) >= 11 is 18.2. The highest BCUT2D eigenvalue weighted by Crippen LogP contribution is 2.27. The molecule has 9 heteroatoms. The first-order chi connectivity index (χ1) is 14.5. The van der Waals surface area contributed by atoms with Crippen LogP contribution >= 0.6 is 34.8 Å². The van der Waals surface area contributed by atoms with Gasteiger partial charge in [-0.25, -0.2) is 0 Å². The van der Waals surface area contributed by atoms with E-state index in [9.17, 15) is 4.79 Å². The number of halogens is 3. The topological polar surface area (TPSA) is 71.3 Å². The van der Waals surface area contributed by atoms with Crippen LogP contribution in [0.5, 0.6) is 0 Å². The van der Waals surface area contributed by atoms with Crippen molar-refractivity contribution in [3.63, 3.8) is 0 Å². The van der Waals surface area contributed by atoms with Crippen LogP contribution in [-0.2, 0) is 11.3 Å². The van der Waals surface area contributed by atoms with Gasteiger partial charge in [-0.05, 0) is 49.7 Å². The van der Waals surface area contributed by atoms with E-state index in [1.165, 1.54) is 0 Å². The first-order valence-corrected chi connectivity index (χ1v) is 10.7. The van der Waals surface area contributed by atoms with E-state index in [2.05, 4.69) is 20.4 Å². The van der Waals surface area contributed by atoms with Gasteiger partial charge in [0.05, 0.1) is 23.2 Å². The molecule has 1 aliphatic heterocycles. The van der Waals surface area contributed by atoms with E-state index >= 15 is 0 Å². The molecule has 1 aliphatic rings. The van der Waals surface area contributed by atoms with Gasteiger partial charge in [0.2, 0.25) is 17.6 Å². The molecule has 1 unspecified atom stereocenters. The number of hydrogen-bond acceptors (Lipinski definition) is 5. The van der Waals surface area contributed by atoms with Crippen molar-refractivity contribution in [2.24, 2.45) is 5.92 Å². The van der Waals surface area contributed by atoms with E-state index in [0.29, 0.717) is 45.6 Å². The van der Waals surface area contributed by atoms with Crippen molar-refractivity contribution in [3.8, 4) is 11.4 Å². The number of amides is 1. The number of nitrogens with zero attached hydrogens (tertiary/aromatic N) is 3. The first kappa shape index (κ1) is 21.1. The largest absolute Gasteiger partial charge is 0.338 e. The Morgan fingerprint density at radius 2 is 2.00 bits per heavy atom. The molecule has 156 valence electrons. The summed E-state index contributed by atoms with van der Waals surface area (Å²) in [5.41, 5.74) is 1.32. The van der Waals surface area contributed by atoms with Gasteiger partial charge in [-0.15, -0.1) is 0 Å². The van der Waals surface area contributed by atoms with Crippen molar-refractivity contribution in [1.82, 2.24) is 15.0 Å². The van der Waals surface area contributed by atoms with E-state index < -0.39 is 0 Å². The Labute approximate surface area is 189 Å². The fourth-order valence-electron chi connectivity index (χ4n) is 3.50. The Morgan fingerprint density at radius 3 is 2.83 bits per heavy atom. The monoisotopic (exact) mass is 464 g/mol. The SMILES string of the molecule is O=C(Nc1cc(Cl)ccc1Cl)C1CCCN(Cc2nc(-c3cccc(Cl)c3)no2)C1. The molecular weight excluding hydrogens is 447 g/mol. The summed E-state index contributed by atoms with van der Waals surface area (Å²) in [6, 6.07) is 12.3. The Kier molecular flexibility index (Phi) is 6.58. The third-order valence-electron chi connectivity index (χ3n) is 4.97. The summed E-state index contributed by atoms with van der Waals surface area (Å²) in [7, 11) is 0. The molecule has 3 aromatic rings. The fraction of sp³-hybridized carbons (Fsp3) is 0.286. The van der Waals surface area contributed by atoms with Crippen molar-refractivity contribution in [2.45, 2.75) is 19.4 Å². The van der Waals surface area contributed by atoms with Crippen molar-refractivity contribution < 1.29 is 9.32 Å². The van der Waals surface area contributed by atoms with Gasteiger partial charge in [-0.2, -0.15) is 4.98 Å². The van der Waals surface area contributed by atoms with Crippen LogP contribution in [0.2, 0.25) is 15.1 Å². The van der Waals surface area contributed by atoms with Crippen LogP contribution < -0.4 is 5.32 Å². The minimum Gasteiger partial charge on any atom is -0.338 e. The van der Waals surface area contributed by atoms with E-state index in [0.717, 1.165) is 24.9 Å². The maximum Gasteiger partial charge on any atom is 0.241 e. The summed E-state index contributed by atoms with van der Waals surface area (Å²) in [6.07, 6.45) is 1.70. The number of hydrogen-bond donors (Lipinski definition) is 1. The number of aromatic nitrogens is 2. The van der Waals surface area contributed by atoms with Crippen molar-refractivity contribution in [1.29, 1.82) is 0 Å². The molecule has 1 atom stereocenters. The maximum atomic E-state index is 12.7. The quantitative estimate of drug-likeness (QED) is 0.535. The highest BCUT2D eigenvalue weighted by Gasteiger charge is 2.27.